The van der Waals surface area contributed by atoms with E-state index in [9.17, 15) is 23.7 Å². The van der Waals surface area contributed by atoms with E-state index in [-0.39, 0.29) is 18.4 Å². The zero-order valence-electron chi connectivity index (χ0n) is 39.3. The highest BCUT2D eigenvalue weighted by atomic mass is 79.9. The van der Waals surface area contributed by atoms with Gasteiger partial charge in [-0.1, -0.05) is 36.4 Å². The number of methoxy groups -OCH3 is 1. The summed E-state index contributed by atoms with van der Waals surface area (Å²) in [7, 11) is 0.832. The van der Waals surface area contributed by atoms with Crippen LogP contribution in [0.1, 0.15) is 40.0 Å². The lowest BCUT2D eigenvalue weighted by Gasteiger charge is -2.38. The summed E-state index contributed by atoms with van der Waals surface area (Å²) in [4.78, 5) is 68.7. The molecular formula is C51H53BrN11O6P. The van der Waals surface area contributed by atoms with Crippen LogP contribution in [0.5, 0.6) is 5.75 Å². The Bertz CT molecular complexity index is 3100. The largest absolute Gasteiger partial charge is 0.494 e. The molecule has 6 heterocycles. The Morgan fingerprint density at radius 3 is 2.31 bits per heavy atom. The van der Waals surface area contributed by atoms with Crippen LogP contribution < -0.4 is 35.8 Å². The Morgan fingerprint density at radius 1 is 0.800 bits per heavy atom. The molecule has 4 aromatic carbocycles. The third kappa shape index (κ3) is 9.42. The monoisotopic (exact) mass is 1030 g/mol. The van der Waals surface area contributed by atoms with Crippen molar-refractivity contribution in [3.63, 3.8) is 0 Å². The van der Waals surface area contributed by atoms with E-state index in [2.05, 4.69) is 68.8 Å². The van der Waals surface area contributed by atoms with Crippen LogP contribution in [-0.4, -0.2) is 125 Å². The highest BCUT2D eigenvalue weighted by Gasteiger charge is 2.45. The molecule has 0 radical (unpaired) electrons. The lowest BCUT2D eigenvalue weighted by Crippen LogP contribution is -2.54. The maximum absolute atomic E-state index is 13.6. The number of hydrogen-bond acceptors (Lipinski definition) is 14. The van der Waals surface area contributed by atoms with Crippen LogP contribution in [0.4, 0.5) is 34.5 Å². The molecule has 1 unspecified atom stereocenters. The number of amides is 4. The van der Waals surface area contributed by atoms with Crippen LogP contribution in [0.15, 0.2) is 102 Å². The number of rotatable bonds is 13. The minimum Gasteiger partial charge on any atom is -0.494 e. The summed E-state index contributed by atoms with van der Waals surface area (Å²) in [6.45, 7) is 9.42. The van der Waals surface area contributed by atoms with Crippen LogP contribution in [0.2, 0.25) is 0 Å². The summed E-state index contributed by atoms with van der Waals surface area (Å²) in [6, 6.07) is 24.4. The van der Waals surface area contributed by atoms with Crippen molar-refractivity contribution < 1.29 is 28.5 Å². The highest BCUT2D eigenvalue weighted by molar-refractivity contribution is 9.10. The van der Waals surface area contributed by atoms with Gasteiger partial charge in [-0.25, -0.2) is 4.98 Å². The molecule has 17 nitrogen and oxygen atoms in total. The fraction of sp³-hybridized carbons (Fsp3) is 0.314. The maximum atomic E-state index is 13.6. The molecule has 4 aliphatic rings. The van der Waals surface area contributed by atoms with Gasteiger partial charge in [-0.05, 0) is 95.5 Å². The van der Waals surface area contributed by atoms with E-state index >= 15 is 0 Å². The number of imide groups is 2. The number of aryl methyl sites for hydroxylation is 1. The van der Waals surface area contributed by atoms with Crippen molar-refractivity contribution in [3.05, 3.63) is 113 Å². The number of anilines is 6. The molecule has 10 rings (SSSR count). The second-order valence-electron chi connectivity index (χ2n) is 18.6. The fourth-order valence-corrected chi connectivity index (χ4v) is 11.4. The van der Waals surface area contributed by atoms with E-state index in [1.165, 1.54) is 0 Å². The molecule has 19 heteroatoms. The van der Waals surface area contributed by atoms with Crippen LogP contribution in [0.25, 0.3) is 22.3 Å². The van der Waals surface area contributed by atoms with Gasteiger partial charge in [0.25, 0.3) is 11.8 Å². The van der Waals surface area contributed by atoms with Crippen molar-refractivity contribution in [2.45, 2.75) is 25.3 Å². The van der Waals surface area contributed by atoms with Gasteiger partial charge in [0.15, 0.2) is 0 Å². The number of piperidine rings is 1. The molecule has 3 N–H and O–H groups in total. The zero-order valence-corrected chi connectivity index (χ0v) is 41.8. The zero-order chi connectivity index (χ0) is 48.8. The van der Waals surface area contributed by atoms with Crippen LogP contribution >= 0.6 is 23.1 Å². The summed E-state index contributed by atoms with van der Waals surface area (Å²) in [5.41, 5.74) is 7.80. The SMILES string of the molecule is COc1cc(N2CCN(C[C@@H]3CCN(c4ccc5c(c4)C(=O)N(C4CCC(=O)NC4=O)C5=O)C3)CC2)c(-c2cnn(C)c2)cc1Nc1ncc(Br)c(Nc2ccc(-c3ccccc3)cc2P(C)(C)=O)n1. The summed E-state index contributed by atoms with van der Waals surface area (Å²) in [5.74, 6) is -0.141. The molecule has 0 aliphatic carbocycles. The third-order valence-electron chi connectivity index (χ3n) is 13.6. The van der Waals surface area contributed by atoms with Crippen molar-refractivity contribution in [3.8, 4) is 28.0 Å². The summed E-state index contributed by atoms with van der Waals surface area (Å²) in [6.07, 6.45) is 6.73. The normalized spacial score (nSPS) is 18.6. The molecular weight excluding hydrogens is 974 g/mol. The molecule has 0 saturated carbocycles. The summed E-state index contributed by atoms with van der Waals surface area (Å²) < 4.78 is 22.1. The molecule has 70 heavy (non-hydrogen) atoms. The third-order valence-corrected chi connectivity index (χ3v) is 15.7. The second-order valence-corrected chi connectivity index (χ2v) is 22.7. The number of aromatic nitrogens is 4. The van der Waals surface area contributed by atoms with Crippen molar-refractivity contribution in [1.82, 2.24) is 34.9 Å². The molecule has 360 valence electrons. The van der Waals surface area contributed by atoms with Crippen molar-refractivity contribution in [2.75, 3.05) is 86.7 Å². The topological polar surface area (TPSA) is 187 Å². The quantitative estimate of drug-likeness (QED) is 0.0786. The van der Waals surface area contributed by atoms with Gasteiger partial charge in [0.1, 0.15) is 24.8 Å². The van der Waals surface area contributed by atoms with E-state index in [0.29, 0.717) is 50.1 Å². The molecule has 0 bridgehead atoms. The Kier molecular flexibility index (Phi) is 12.8. The second kappa shape index (κ2) is 19.1. The Labute approximate surface area is 414 Å². The van der Waals surface area contributed by atoms with Crippen molar-refractivity contribution in [2.24, 2.45) is 13.0 Å². The highest BCUT2D eigenvalue weighted by Crippen LogP contribution is 2.43. The first-order valence-electron chi connectivity index (χ1n) is 23.3. The first-order valence-corrected chi connectivity index (χ1v) is 26.7. The van der Waals surface area contributed by atoms with Gasteiger partial charge in [0.05, 0.1) is 40.3 Å². The van der Waals surface area contributed by atoms with Crippen LogP contribution in [0.3, 0.4) is 0 Å². The van der Waals surface area contributed by atoms with E-state index in [4.69, 9.17) is 9.72 Å². The first-order chi connectivity index (χ1) is 33.7. The predicted molar refractivity (Wildman–Crippen MR) is 275 cm³/mol. The number of nitrogens with one attached hydrogen (secondary N) is 3. The van der Waals surface area contributed by atoms with Gasteiger partial charge >= 0.3 is 0 Å². The van der Waals surface area contributed by atoms with Crippen molar-refractivity contribution in [1.29, 1.82) is 0 Å². The van der Waals surface area contributed by atoms with Gasteiger partial charge in [-0.15, -0.1) is 0 Å². The van der Waals surface area contributed by atoms with E-state index < -0.39 is 36.8 Å². The number of carbonyl (C=O) groups excluding carboxylic acids is 4. The number of ether oxygens (including phenoxy) is 1. The predicted octanol–water partition coefficient (Wildman–Crippen LogP) is 7.10. The first kappa shape index (κ1) is 46.8. The lowest BCUT2D eigenvalue weighted by atomic mass is 10.0. The number of halogens is 1. The van der Waals surface area contributed by atoms with Crippen LogP contribution in [-0.2, 0) is 21.2 Å². The number of fused-ring (bicyclic) bond motifs is 1. The number of hydrogen-bond donors (Lipinski definition) is 3. The molecule has 4 amide bonds. The Hall–Kier alpha value is -6.88. The molecule has 4 aliphatic heterocycles. The average Bonchev–Trinajstić information content (AvgIpc) is 4.07. The molecule has 3 fully saturated rings. The van der Waals surface area contributed by atoms with Crippen molar-refractivity contribution >= 4 is 86.5 Å². The van der Waals surface area contributed by atoms with E-state index in [1.807, 2.05) is 74.0 Å². The molecule has 2 atom stereocenters. The Balaban J connectivity index is 0.816. The minimum absolute atomic E-state index is 0.0794. The number of benzene rings is 4. The summed E-state index contributed by atoms with van der Waals surface area (Å²) in [5, 5.41) is 14.3. The number of piperazine rings is 1. The summed E-state index contributed by atoms with van der Waals surface area (Å²) >= 11 is 3.63. The van der Waals surface area contributed by atoms with Gasteiger partial charge in [0.2, 0.25) is 17.8 Å². The lowest BCUT2D eigenvalue weighted by molar-refractivity contribution is -0.136. The minimum atomic E-state index is -2.72. The van der Waals surface area contributed by atoms with Gasteiger partial charge in [-0.2, -0.15) is 10.1 Å². The molecule has 2 aromatic heterocycles. The molecule has 3 saturated heterocycles. The standard InChI is InChI=1S/C51H53BrN11O6P/c1-59-30-34(26-54-59)37-24-41(56-51-53-27-39(52)47(58-51)55-40-13-10-33(22-45(40)70(3,4)68)32-8-6-5-7-9-32)44(69-2)25-43(37)61-20-18-60(19-21-61)28-31-16-17-62(29-31)35-11-12-36-38(23-35)50(67)63(49(36)66)42-14-15-46(64)57-48(42)65/h5-13,22-27,30-31,42H,14-21,28-29H2,1-4H3,(H,57,64,65)(H2,53,55,56,58)/t31-,42?/m0/s1. The Morgan fingerprint density at radius 2 is 1.59 bits per heavy atom. The number of carbonyl (C=O) groups is 4. The van der Waals surface area contributed by atoms with Gasteiger partial charge < -0.3 is 29.7 Å². The van der Waals surface area contributed by atoms with Crippen LogP contribution in [0, 0.1) is 5.92 Å². The molecule has 0 spiro atoms. The van der Waals surface area contributed by atoms with E-state index in [0.717, 1.165) is 90.8 Å². The smallest absolute Gasteiger partial charge is 0.262 e. The average molecular weight is 1030 g/mol. The maximum Gasteiger partial charge on any atom is 0.262 e. The van der Waals surface area contributed by atoms with Gasteiger partial charge in [0, 0.05) is 106 Å². The molecule has 6 aromatic rings. The van der Waals surface area contributed by atoms with E-state index in [1.54, 1.807) is 43.5 Å². The van der Waals surface area contributed by atoms with Gasteiger partial charge in [-0.3, -0.25) is 39.0 Å². The fourth-order valence-electron chi connectivity index (χ4n) is 9.95. The number of nitrogens with zero attached hydrogens (tertiary/aromatic N) is 8.